The van der Waals surface area contributed by atoms with Crippen molar-refractivity contribution in [3.8, 4) is 29.6 Å². The fraction of sp³-hybridized carbons (Fsp3) is 0.537. The first-order valence-corrected chi connectivity index (χ1v) is 19.3. The van der Waals surface area contributed by atoms with E-state index in [-0.39, 0.29) is 28.3 Å². The zero-order chi connectivity index (χ0) is 41.5. The minimum Gasteiger partial charge on any atom is -0.461 e. The molecule has 0 bridgehead atoms. The van der Waals surface area contributed by atoms with Crippen LogP contribution >= 0.6 is 0 Å². The predicted molar refractivity (Wildman–Crippen MR) is 204 cm³/mol. The Morgan fingerprint density at radius 3 is 2.28 bits per heavy atom. The van der Waals surface area contributed by atoms with Gasteiger partial charge in [-0.05, 0) is 75.5 Å². The second-order valence-electron chi connectivity index (χ2n) is 14.1. The fourth-order valence-electron chi connectivity index (χ4n) is 7.95. The molecule has 2 aromatic carbocycles. The molecule has 8 nitrogen and oxygen atoms in total. The number of benzene rings is 2. The topological polar surface area (TPSA) is 84.4 Å². The van der Waals surface area contributed by atoms with Crippen LogP contribution in [0.3, 0.4) is 0 Å². The lowest BCUT2D eigenvalue weighted by atomic mass is 9.94. The number of alkyl halides is 6. The van der Waals surface area contributed by atoms with Crippen molar-refractivity contribution in [1.29, 1.82) is 0 Å². The lowest BCUT2D eigenvalue weighted by Crippen LogP contribution is -2.43. The van der Waals surface area contributed by atoms with Gasteiger partial charge in [0.2, 0.25) is 6.10 Å². The SMILES string of the molecule is C#Cc1c(F)ccc2cccc(-c3nc4c5c(nc(OCC67CCCN6CCC7)nc5c3F)NCCNCC(CC)CC4)c12.CC.COC(C(F)(F)F)C(F)(F)F. The first-order valence-electron chi connectivity index (χ1n) is 19.3. The van der Waals surface area contributed by atoms with Crippen LogP contribution in [0, 0.1) is 29.9 Å². The first kappa shape index (κ1) is 43.8. The molecule has 0 spiro atoms. The van der Waals surface area contributed by atoms with E-state index in [2.05, 4.69) is 33.1 Å². The van der Waals surface area contributed by atoms with Crippen molar-refractivity contribution in [3.63, 3.8) is 0 Å². The molecular weight excluding hydrogens is 760 g/mol. The number of methoxy groups -OCH3 is 1. The molecule has 0 aliphatic carbocycles. The highest BCUT2D eigenvalue weighted by Crippen LogP contribution is 2.41. The van der Waals surface area contributed by atoms with Gasteiger partial charge in [0.1, 0.15) is 29.5 Å². The number of anilines is 1. The molecule has 1 unspecified atom stereocenters. The van der Waals surface area contributed by atoms with Crippen LogP contribution in [0.1, 0.15) is 70.6 Å². The van der Waals surface area contributed by atoms with E-state index in [1.54, 1.807) is 12.1 Å². The van der Waals surface area contributed by atoms with Gasteiger partial charge in [0.05, 0.1) is 22.2 Å². The van der Waals surface area contributed by atoms with Crippen LogP contribution in [-0.4, -0.2) is 90.3 Å². The molecule has 0 amide bonds. The molecule has 310 valence electrons. The summed E-state index contributed by atoms with van der Waals surface area (Å²) in [6.07, 6.45) is -1.74. The lowest BCUT2D eigenvalue weighted by molar-refractivity contribution is -0.315. The molecule has 7 rings (SSSR count). The summed E-state index contributed by atoms with van der Waals surface area (Å²) in [7, 11) is 0.353. The summed E-state index contributed by atoms with van der Waals surface area (Å²) in [4.78, 5) is 17.0. The van der Waals surface area contributed by atoms with Crippen LogP contribution in [0.4, 0.5) is 40.9 Å². The van der Waals surface area contributed by atoms with Crippen molar-refractivity contribution in [3.05, 3.63) is 53.2 Å². The van der Waals surface area contributed by atoms with Crippen LogP contribution in [0.2, 0.25) is 0 Å². The normalized spacial score (nSPS) is 18.4. The highest BCUT2D eigenvalue weighted by atomic mass is 19.4. The molecule has 5 heterocycles. The molecule has 4 aromatic rings. The molecule has 0 saturated carbocycles. The van der Waals surface area contributed by atoms with E-state index in [4.69, 9.17) is 26.1 Å². The molecule has 2 N–H and O–H groups in total. The number of aryl methyl sites for hydroxylation is 1. The van der Waals surface area contributed by atoms with E-state index < -0.39 is 30.1 Å². The third-order valence-electron chi connectivity index (χ3n) is 10.7. The second kappa shape index (κ2) is 18.5. The largest absolute Gasteiger partial charge is 0.461 e. The van der Waals surface area contributed by atoms with Gasteiger partial charge < -0.3 is 20.1 Å². The van der Waals surface area contributed by atoms with Gasteiger partial charge in [-0.25, -0.2) is 13.8 Å². The molecule has 1 atom stereocenters. The van der Waals surface area contributed by atoms with Crippen LogP contribution in [0.15, 0.2) is 30.3 Å². The fourth-order valence-corrected chi connectivity index (χ4v) is 7.95. The zero-order valence-corrected chi connectivity index (χ0v) is 32.4. The minimum atomic E-state index is -5.40. The Kier molecular flexibility index (Phi) is 14.2. The molecule has 2 aromatic heterocycles. The summed E-state index contributed by atoms with van der Waals surface area (Å²) in [6.45, 7) is 11.1. The summed E-state index contributed by atoms with van der Waals surface area (Å²) in [5.41, 5.74) is 1.49. The number of nitrogens with zero attached hydrogens (tertiary/aromatic N) is 4. The van der Waals surface area contributed by atoms with Gasteiger partial charge in [0, 0.05) is 31.1 Å². The number of terminal acetylenes is 1. The molecule has 3 aliphatic heterocycles. The number of ether oxygens (including phenoxy) is 2. The Hall–Kier alpha value is -4.33. The first-order chi connectivity index (χ1) is 27.2. The van der Waals surface area contributed by atoms with Crippen LogP contribution < -0.4 is 15.4 Å². The summed E-state index contributed by atoms with van der Waals surface area (Å²) in [6, 6.07) is 8.58. The van der Waals surface area contributed by atoms with Gasteiger partial charge >= 0.3 is 18.4 Å². The number of halogens is 8. The monoisotopic (exact) mass is 808 g/mol. The van der Waals surface area contributed by atoms with E-state index in [9.17, 15) is 30.7 Å². The number of hydrogen-bond donors (Lipinski definition) is 2. The van der Waals surface area contributed by atoms with Crippen molar-refractivity contribution < 1.29 is 44.6 Å². The van der Waals surface area contributed by atoms with E-state index in [1.165, 1.54) is 6.07 Å². The van der Waals surface area contributed by atoms with Crippen LogP contribution in [0.25, 0.3) is 32.9 Å². The van der Waals surface area contributed by atoms with Crippen molar-refractivity contribution in [2.24, 2.45) is 5.92 Å². The van der Waals surface area contributed by atoms with E-state index in [0.717, 1.165) is 64.7 Å². The lowest BCUT2D eigenvalue weighted by Gasteiger charge is -2.31. The summed E-state index contributed by atoms with van der Waals surface area (Å²) in [5, 5.41) is 8.71. The van der Waals surface area contributed by atoms with Gasteiger partial charge in [-0.2, -0.15) is 36.3 Å². The molecule has 0 radical (unpaired) electrons. The number of nitrogens with one attached hydrogen (secondary N) is 2. The summed E-state index contributed by atoms with van der Waals surface area (Å²) < 4.78 is 110. The van der Waals surface area contributed by atoms with Gasteiger partial charge in [-0.1, -0.05) is 57.4 Å². The molecule has 3 aliphatic rings. The van der Waals surface area contributed by atoms with Gasteiger partial charge in [0.15, 0.2) is 5.82 Å². The van der Waals surface area contributed by atoms with Crippen molar-refractivity contribution in [2.75, 3.05) is 51.8 Å². The second-order valence-corrected chi connectivity index (χ2v) is 14.1. The minimum absolute atomic E-state index is 0.00446. The highest BCUT2D eigenvalue weighted by Gasteiger charge is 2.57. The van der Waals surface area contributed by atoms with Gasteiger partial charge in [-0.3, -0.25) is 4.90 Å². The number of pyridine rings is 1. The Morgan fingerprint density at radius 1 is 0.965 bits per heavy atom. The molecule has 16 heteroatoms. The van der Waals surface area contributed by atoms with Crippen molar-refractivity contribution in [2.45, 2.75) is 89.7 Å². The van der Waals surface area contributed by atoms with E-state index >= 15 is 4.39 Å². The van der Waals surface area contributed by atoms with Crippen LogP contribution in [-0.2, 0) is 11.2 Å². The average molecular weight is 809 g/mol. The standard InChI is InChI=1S/C35H38F2N6O.C4H4F6O.C2H6/c1-3-22-10-13-27-29-32(30(37)31(40-27)25-9-5-8-23-11-12-26(36)24(4-2)28(23)25)41-34(42-33(29)39-17-16-38-20-22)44-21-35-14-6-18-43(35)19-7-15-35;1-11-2(3(5,6)7)4(8,9)10;1-2/h2,5,8-9,11-12,22,38H,3,6-7,10,13-21H2,1H3,(H,39,41,42);2H,1H3;1-2H3. The maximum atomic E-state index is 16.9. The number of aromatic nitrogens is 3. The maximum Gasteiger partial charge on any atom is 0.423 e. The molecule has 2 saturated heterocycles. The Bertz CT molecular complexity index is 2030. The van der Waals surface area contributed by atoms with Gasteiger partial charge in [-0.15, -0.1) is 6.42 Å². The zero-order valence-electron chi connectivity index (χ0n) is 32.4. The van der Waals surface area contributed by atoms with Gasteiger partial charge in [0.25, 0.3) is 0 Å². The highest BCUT2D eigenvalue weighted by molar-refractivity contribution is 6.02. The number of hydrogen-bond acceptors (Lipinski definition) is 8. The molecule has 57 heavy (non-hydrogen) atoms. The Balaban J connectivity index is 0.000000415. The predicted octanol–water partition coefficient (Wildman–Crippen LogP) is 9.24. The Morgan fingerprint density at radius 2 is 1.67 bits per heavy atom. The van der Waals surface area contributed by atoms with Crippen LogP contribution in [0.5, 0.6) is 6.01 Å². The third kappa shape index (κ3) is 9.53. The summed E-state index contributed by atoms with van der Waals surface area (Å²) in [5.74, 6) is 2.32. The maximum absolute atomic E-state index is 16.9. The Labute approximate surface area is 327 Å². The number of fused-ring (bicyclic) bond motifs is 2. The van der Waals surface area contributed by atoms with Crippen molar-refractivity contribution >= 4 is 27.5 Å². The average Bonchev–Trinajstić information content (AvgIpc) is 3.75. The number of rotatable bonds is 6. The third-order valence-corrected chi connectivity index (χ3v) is 10.7. The molecular formula is C41H48F8N6O2. The smallest absolute Gasteiger partial charge is 0.423 e. The summed E-state index contributed by atoms with van der Waals surface area (Å²) >= 11 is 0. The van der Waals surface area contributed by atoms with E-state index in [0.29, 0.717) is 65.8 Å². The molecule has 2 fully saturated rings. The quantitative estimate of drug-likeness (QED) is 0.148. The van der Waals surface area contributed by atoms with E-state index in [1.807, 2.05) is 26.0 Å². The van der Waals surface area contributed by atoms with Crippen molar-refractivity contribution in [1.82, 2.24) is 25.2 Å².